The van der Waals surface area contributed by atoms with Gasteiger partial charge in [0, 0.05) is 20.6 Å². The summed E-state index contributed by atoms with van der Waals surface area (Å²) >= 11 is 10.2. The van der Waals surface area contributed by atoms with Gasteiger partial charge in [-0.1, -0.05) is 22.0 Å². The number of hydrogen-bond acceptors (Lipinski definition) is 2. The molecular weight excluding hydrogens is 466 g/mol. The van der Waals surface area contributed by atoms with Crippen LogP contribution in [0.25, 0.3) is 0 Å². The number of nitrogens with one attached hydrogen (secondary N) is 1. The molecule has 2 aromatic carbocycles. The molecule has 0 saturated carbocycles. The molecule has 2 rings (SSSR count). The van der Waals surface area contributed by atoms with Crippen molar-refractivity contribution in [3.63, 3.8) is 0 Å². The number of aryl methyl sites for hydroxylation is 1. The van der Waals surface area contributed by atoms with Crippen molar-refractivity contribution >= 4 is 59.4 Å². The highest BCUT2D eigenvalue weighted by molar-refractivity contribution is 9.11. The van der Waals surface area contributed by atoms with Gasteiger partial charge in [-0.15, -0.1) is 0 Å². The SMILES string of the molecule is COc1cc(NC(=O)c2cc(Br)ccc2C)c(Br)cc1Br. The molecule has 21 heavy (non-hydrogen) atoms. The van der Waals surface area contributed by atoms with Gasteiger partial charge in [0.15, 0.2) is 0 Å². The van der Waals surface area contributed by atoms with Gasteiger partial charge in [-0.2, -0.15) is 0 Å². The Bertz CT molecular complexity index is 702. The maximum Gasteiger partial charge on any atom is 0.256 e. The van der Waals surface area contributed by atoms with E-state index in [1.54, 1.807) is 19.2 Å². The van der Waals surface area contributed by atoms with E-state index >= 15 is 0 Å². The molecule has 0 atom stereocenters. The second-order valence-corrected chi connectivity index (χ2v) is 7.00. The van der Waals surface area contributed by atoms with Crippen LogP contribution >= 0.6 is 47.8 Å². The lowest BCUT2D eigenvalue weighted by Gasteiger charge is -2.12. The minimum absolute atomic E-state index is 0.168. The molecule has 110 valence electrons. The van der Waals surface area contributed by atoms with Gasteiger partial charge in [-0.05, 0) is 62.5 Å². The highest BCUT2D eigenvalue weighted by Gasteiger charge is 2.13. The van der Waals surface area contributed by atoms with Gasteiger partial charge < -0.3 is 10.1 Å². The quantitative estimate of drug-likeness (QED) is 0.630. The van der Waals surface area contributed by atoms with Crippen LogP contribution in [0.1, 0.15) is 15.9 Å². The fraction of sp³-hybridized carbons (Fsp3) is 0.133. The molecule has 0 aromatic heterocycles. The number of halogens is 3. The van der Waals surface area contributed by atoms with Crippen molar-refractivity contribution in [2.75, 3.05) is 12.4 Å². The maximum absolute atomic E-state index is 12.4. The third-order valence-electron chi connectivity index (χ3n) is 2.93. The highest BCUT2D eigenvalue weighted by atomic mass is 79.9. The van der Waals surface area contributed by atoms with Crippen molar-refractivity contribution in [2.24, 2.45) is 0 Å². The molecule has 1 N–H and O–H groups in total. The number of methoxy groups -OCH3 is 1. The smallest absolute Gasteiger partial charge is 0.256 e. The zero-order chi connectivity index (χ0) is 15.6. The van der Waals surface area contributed by atoms with E-state index in [2.05, 4.69) is 53.1 Å². The van der Waals surface area contributed by atoms with Crippen molar-refractivity contribution in [3.05, 3.63) is 54.9 Å². The zero-order valence-corrected chi connectivity index (χ0v) is 16.1. The summed E-state index contributed by atoms with van der Waals surface area (Å²) in [6, 6.07) is 9.21. The predicted octanol–water partition coefficient (Wildman–Crippen LogP) is 5.54. The Morgan fingerprint density at radius 3 is 2.48 bits per heavy atom. The molecule has 0 spiro atoms. The molecule has 0 aliphatic carbocycles. The van der Waals surface area contributed by atoms with E-state index in [0.717, 1.165) is 19.0 Å². The Labute approximate surface area is 148 Å². The van der Waals surface area contributed by atoms with Crippen LogP contribution < -0.4 is 10.1 Å². The van der Waals surface area contributed by atoms with Crippen LogP contribution in [0.5, 0.6) is 5.75 Å². The van der Waals surface area contributed by atoms with Crippen LogP contribution in [0.3, 0.4) is 0 Å². The van der Waals surface area contributed by atoms with Crippen LogP contribution in [0.2, 0.25) is 0 Å². The van der Waals surface area contributed by atoms with E-state index in [4.69, 9.17) is 4.74 Å². The minimum atomic E-state index is -0.168. The van der Waals surface area contributed by atoms with Crippen LogP contribution in [0, 0.1) is 6.92 Å². The van der Waals surface area contributed by atoms with Crippen LogP contribution in [0.15, 0.2) is 43.7 Å². The number of rotatable bonds is 3. The molecular formula is C15H12Br3NO2. The van der Waals surface area contributed by atoms with Crippen molar-refractivity contribution in [2.45, 2.75) is 6.92 Å². The molecule has 0 saturated heterocycles. The summed E-state index contributed by atoms with van der Waals surface area (Å²) in [5.74, 6) is 0.485. The lowest BCUT2D eigenvalue weighted by Crippen LogP contribution is -2.14. The number of anilines is 1. The van der Waals surface area contributed by atoms with Crippen LogP contribution in [-0.4, -0.2) is 13.0 Å². The summed E-state index contributed by atoms with van der Waals surface area (Å²) < 4.78 is 7.70. The molecule has 0 aliphatic rings. The van der Waals surface area contributed by atoms with Crippen LogP contribution in [0.4, 0.5) is 5.69 Å². The monoisotopic (exact) mass is 475 g/mol. The van der Waals surface area contributed by atoms with E-state index in [9.17, 15) is 4.79 Å². The van der Waals surface area contributed by atoms with Gasteiger partial charge in [0.25, 0.3) is 5.91 Å². The van der Waals surface area contributed by atoms with E-state index in [1.807, 2.05) is 25.1 Å². The fourth-order valence-corrected chi connectivity index (χ4v) is 3.43. The van der Waals surface area contributed by atoms with E-state index in [1.165, 1.54) is 0 Å². The van der Waals surface area contributed by atoms with E-state index < -0.39 is 0 Å². The first-order chi connectivity index (χ1) is 9.92. The molecule has 0 fully saturated rings. The number of hydrogen-bond donors (Lipinski definition) is 1. The molecule has 0 aliphatic heterocycles. The van der Waals surface area contributed by atoms with Crippen LogP contribution in [-0.2, 0) is 0 Å². The van der Waals surface area contributed by atoms with Gasteiger partial charge in [-0.25, -0.2) is 0 Å². The Morgan fingerprint density at radius 2 is 1.81 bits per heavy atom. The predicted molar refractivity (Wildman–Crippen MR) is 95.2 cm³/mol. The van der Waals surface area contributed by atoms with Crippen molar-refractivity contribution in [3.8, 4) is 5.75 Å². The Morgan fingerprint density at radius 1 is 1.10 bits per heavy atom. The maximum atomic E-state index is 12.4. The standard InChI is InChI=1S/C15H12Br3NO2/c1-8-3-4-9(16)5-10(8)15(20)19-13-7-14(21-2)12(18)6-11(13)17/h3-7H,1-2H3,(H,19,20). The number of benzene rings is 2. The highest BCUT2D eigenvalue weighted by Crippen LogP contribution is 2.34. The minimum Gasteiger partial charge on any atom is -0.495 e. The van der Waals surface area contributed by atoms with Gasteiger partial charge in [0.05, 0.1) is 17.3 Å². The Balaban J connectivity index is 2.33. The first-order valence-electron chi connectivity index (χ1n) is 6.03. The normalized spacial score (nSPS) is 10.3. The first kappa shape index (κ1) is 16.5. The van der Waals surface area contributed by atoms with Crippen molar-refractivity contribution < 1.29 is 9.53 Å². The average molecular weight is 478 g/mol. The average Bonchev–Trinajstić information content (AvgIpc) is 2.44. The lowest BCUT2D eigenvalue weighted by molar-refractivity contribution is 0.102. The van der Waals surface area contributed by atoms with E-state index in [-0.39, 0.29) is 5.91 Å². The van der Waals surface area contributed by atoms with Crippen molar-refractivity contribution in [1.82, 2.24) is 0 Å². The molecule has 3 nitrogen and oxygen atoms in total. The van der Waals surface area contributed by atoms with Gasteiger partial charge in [0.1, 0.15) is 5.75 Å². The summed E-state index contributed by atoms with van der Waals surface area (Å²) in [4.78, 5) is 12.4. The van der Waals surface area contributed by atoms with Gasteiger partial charge >= 0.3 is 0 Å². The summed E-state index contributed by atoms with van der Waals surface area (Å²) in [7, 11) is 1.58. The summed E-state index contributed by atoms with van der Waals surface area (Å²) in [5, 5.41) is 2.89. The molecule has 0 bridgehead atoms. The molecule has 2 aromatic rings. The largest absolute Gasteiger partial charge is 0.495 e. The second-order valence-electron chi connectivity index (χ2n) is 4.38. The molecule has 1 amide bonds. The number of amides is 1. The van der Waals surface area contributed by atoms with Gasteiger partial charge in [0.2, 0.25) is 0 Å². The summed E-state index contributed by atoms with van der Waals surface area (Å²) in [6.07, 6.45) is 0. The summed E-state index contributed by atoms with van der Waals surface area (Å²) in [5.41, 5.74) is 2.19. The Kier molecular flexibility index (Phi) is 5.46. The third kappa shape index (κ3) is 3.87. The zero-order valence-electron chi connectivity index (χ0n) is 11.3. The number of carbonyl (C=O) groups is 1. The fourth-order valence-electron chi connectivity index (χ4n) is 1.81. The molecule has 0 heterocycles. The Hall–Kier alpha value is -0.850. The molecule has 0 radical (unpaired) electrons. The second kappa shape index (κ2) is 6.94. The summed E-state index contributed by atoms with van der Waals surface area (Å²) in [6.45, 7) is 1.90. The first-order valence-corrected chi connectivity index (χ1v) is 8.41. The molecule has 6 heteroatoms. The number of ether oxygens (including phenoxy) is 1. The topological polar surface area (TPSA) is 38.3 Å². The lowest BCUT2D eigenvalue weighted by atomic mass is 10.1. The van der Waals surface area contributed by atoms with Crippen molar-refractivity contribution in [1.29, 1.82) is 0 Å². The number of carbonyl (C=O) groups excluding carboxylic acids is 1. The van der Waals surface area contributed by atoms with Gasteiger partial charge in [-0.3, -0.25) is 4.79 Å². The third-order valence-corrected chi connectivity index (χ3v) is 4.70. The molecule has 0 unspecified atom stereocenters. The van der Waals surface area contributed by atoms with E-state index in [0.29, 0.717) is 17.0 Å².